The number of hydrogen-bond acceptors (Lipinski definition) is 8. The van der Waals surface area contributed by atoms with Crippen LogP contribution in [0, 0.1) is 28.6 Å². The lowest BCUT2D eigenvalue weighted by atomic mass is 9.45. The predicted octanol–water partition coefficient (Wildman–Crippen LogP) is 4.98. The summed E-state index contributed by atoms with van der Waals surface area (Å²) in [7, 11) is -0.566. The van der Waals surface area contributed by atoms with E-state index in [9.17, 15) is 9.90 Å². The standard InChI is InChI=1S/C29H50O8Si/c1-17(30)34-25-24(31)29-22(37-38(8,9)26(2,3)4)14-18-19-10-11-21(33-16-32-7)27(19,5)13-12-20(18)28(29,6)15-23(35-25)36-29/h18-25,31H,10-16H2,1-9H3/t18-,19-,20-,21-,22+,23+,24+,25-,27-,28+,29+/m0/s1. The summed E-state index contributed by atoms with van der Waals surface area (Å²) in [5, 5.41) is 12.0. The van der Waals surface area contributed by atoms with Crippen LogP contribution >= 0.6 is 0 Å². The van der Waals surface area contributed by atoms with Gasteiger partial charge in [0.1, 0.15) is 18.5 Å². The van der Waals surface area contributed by atoms with Crippen LogP contribution in [0.4, 0.5) is 0 Å². The Kier molecular flexibility index (Phi) is 7.24. The monoisotopic (exact) mass is 554 g/mol. The van der Waals surface area contributed by atoms with Crippen molar-refractivity contribution in [2.24, 2.45) is 28.6 Å². The summed E-state index contributed by atoms with van der Waals surface area (Å²) in [5.74, 6) is 0.814. The van der Waals surface area contributed by atoms with Crippen molar-refractivity contribution >= 4 is 14.3 Å². The maximum Gasteiger partial charge on any atom is 0.305 e. The van der Waals surface area contributed by atoms with E-state index >= 15 is 0 Å². The van der Waals surface area contributed by atoms with E-state index in [1.807, 2.05) is 0 Å². The van der Waals surface area contributed by atoms with Crippen molar-refractivity contribution < 1.29 is 38.0 Å². The molecule has 1 spiro atoms. The lowest BCUT2D eigenvalue weighted by Gasteiger charge is -2.64. The number of fused-ring (bicyclic) bond motifs is 5. The third kappa shape index (κ3) is 4.09. The zero-order valence-corrected chi connectivity index (χ0v) is 25.9. The van der Waals surface area contributed by atoms with Gasteiger partial charge in [-0.15, -0.1) is 0 Å². The van der Waals surface area contributed by atoms with E-state index < -0.39 is 38.6 Å². The van der Waals surface area contributed by atoms with Crippen LogP contribution in [0.2, 0.25) is 18.1 Å². The fourth-order valence-corrected chi connectivity index (χ4v) is 10.3. The smallest absolute Gasteiger partial charge is 0.305 e. The fraction of sp³-hybridized carbons (Fsp3) is 0.966. The molecule has 2 saturated heterocycles. The van der Waals surface area contributed by atoms with Crippen molar-refractivity contribution in [3.8, 4) is 0 Å². The number of carbonyl (C=O) groups excluding carboxylic acids is 1. The molecule has 11 atom stereocenters. The second-order valence-electron chi connectivity index (χ2n) is 14.7. The SMILES string of the molecule is COCO[C@H]1CC[C@H]2[C@@H]3C[C@@H](O[Si](C)(C)C(C)(C)C)[C@]45O[C@H](C[C@]4(C)[C@H]3CC[C@]12C)O[C@H](OC(C)=O)[C@H]5O. The van der Waals surface area contributed by atoms with Gasteiger partial charge in [0.2, 0.25) is 6.29 Å². The van der Waals surface area contributed by atoms with Gasteiger partial charge in [0.15, 0.2) is 14.6 Å². The molecular formula is C29H50O8Si. The molecule has 3 aliphatic carbocycles. The van der Waals surface area contributed by atoms with Crippen LogP contribution in [-0.4, -0.2) is 69.8 Å². The molecule has 2 heterocycles. The Labute approximate surface area is 229 Å². The summed E-state index contributed by atoms with van der Waals surface area (Å²) in [6.45, 7) is 17.6. The molecule has 218 valence electrons. The molecule has 0 aromatic carbocycles. The number of ether oxygens (including phenoxy) is 5. The van der Waals surface area contributed by atoms with E-state index in [1.165, 1.54) is 6.92 Å². The summed E-state index contributed by atoms with van der Waals surface area (Å²) >= 11 is 0. The van der Waals surface area contributed by atoms with Gasteiger partial charge in [-0.1, -0.05) is 34.6 Å². The van der Waals surface area contributed by atoms with Crippen molar-refractivity contribution in [3.05, 3.63) is 0 Å². The van der Waals surface area contributed by atoms with E-state index in [0.29, 0.717) is 31.0 Å². The van der Waals surface area contributed by atoms with Crippen molar-refractivity contribution in [3.63, 3.8) is 0 Å². The number of methoxy groups -OCH3 is 1. The first-order valence-corrected chi connectivity index (χ1v) is 17.5. The van der Waals surface area contributed by atoms with Crippen LogP contribution in [-0.2, 0) is 32.9 Å². The van der Waals surface area contributed by atoms with E-state index in [4.69, 9.17) is 28.1 Å². The average Bonchev–Trinajstić information content (AvgIpc) is 3.27. The van der Waals surface area contributed by atoms with E-state index in [1.54, 1.807) is 7.11 Å². The highest BCUT2D eigenvalue weighted by Crippen LogP contribution is 2.71. The van der Waals surface area contributed by atoms with E-state index in [2.05, 4.69) is 47.7 Å². The summed E-state index contributed by atoms with van der Waals surface area (Å²) in [5.41, 5.74) is -1.29. The zero-order valence-electron chi connectivity index (χ0n) is 24.9. The molecule has 0 unspecified atom stereocenters. The highest BCUT2D eigenvalue weighted by Gasteiger charge is 2.77. The van der Waals surface area contributed by atoms with E-state index in [-0.39, 0.29) is 28.1 Å². The number of esters is 1. The normalized spacial score (nSPS) is 48.3. The Morgan fingerprint density at radius 3 is 2.45 bits per heavy atom. The van der Waals surface area contributed by atoms with Crippen LogP contribution in [0.1, 0.15) is 80.1 Å². The molecule has 5 aliphatic rings. The number of rotatable bonds is 6. The zero-order chi connectivity index (χ0) is 27.9. The summed E-state index contributed by atoms with van der Waals surface area (Å²) in [6, 6.07) is 0. The van der Waals surface area contributed by atoms with Gasteiger partial charge >= 0.3 is 5.97 Å². The van der Waals surface area contributed by atoms with Gasteiger partial charge < -0.3 is 33.2 Å². The van der Waals surface area contributed by atoms with E-state index in [0.717, 1.165) is 32.1 Å². The highest BCUT2D eigenvalue weighted by atomic mass is 28.4. The van der Waals surface area contributed by atoms with Crippen molar-refractivity contribution in [2.45, 2.75) is 135 Å². The first-order chi connectivity index (χ1) is 17.6. The molecule has 0 aromatic rings. The van der Waals surface area contributed by atoms with Gasteiger partial charge in [0.25, 0.3) is 0 Å². The van der Waals surface area contributed by atoms with Crippen LogP contribution in [0.3, 0.4) is 0 Å². The van der Waals surface area contributed by atoms with Crippen molar-refractivity contribution in [1.29, 1.82) is 0 Å². The molecule has 8 nitrogen and oxygen atoms in total. The number of aliphatic hydroxyl groups is 1. The minimum Gasteiger partial charge on any atom is -0.433 e. The lowest BCUT2D eigenvalue weighted by Crippen LogP contribution is -2.74. The third-order valence-corrected chi connectivity index (χ3v) is 16.3. The van der Waals surface area contributed by atoms with Gasteiger partial charge in [-0.2, -0.15) is 0 Å². The Bertz CT molecular complexity index is 921. The second-order valence-corrected chi connectivity index (χ2v) is 19.4. The summed E-state index contributed by atoms with van der Waals surface area (Å²) < 4.78 is 37.1. The highest BCUT2D eigenvalue weighted by molar-refractivity contribution is 6.74. The molecular weight excluding hydrogens is 504 g/mol. The molecule has 2 bridgehead atoms. The molecule has 9 heteroatoms. The number of carbonyl (C=O) groups is 1. The topological polar surface area (TPSA) is 92.7 Å². The quantitative estimate of drug-likeness (QED) is 0.279. The van der Waals surface area contributed by atoms with Gasteiger partial charge in [0.05, 0.1) is 12.2 Å². The van der Waals surface area contributed by atoms with Crippen LogP contribution < -0.4 is 0 Å². The Balaban J connectivity index is 1.56. The molecule has 3 saturated carbocycles. The molecule has 0 aromatic heterocycles. The Hall–Kier alpha value is -0.553. The van der Waals surface area contributed by atoms with Crippen LogP contribution in [0.5, 0.6) is 0 Å². The maximum atomic E-state index is 12.0. The summed E-state index contributed by atoms with van der Waals surface area (Å²) in [6.07, 6.45) is 2.92. The van der Waals surface area contributed by atoms with Gasteiger partial charge in [0, 0.05) is 25.9 Å². The average molecular weight is 555 g/mol. The van der Waals surface area contributed by atoms with Gasteiger partial charge in [-0.25, -0.2) is 0 Å². The molecule has 0 radical (unpaired) electrons. The minimum absolute atomic E-state index is 0.00612. The predicted molar refractivity (Wildman–Crippen MR) is 143 cm³/mol. The fourth-order valence-electron chi connectivity index (χ4n) is 9.01. The van der Waals surface area contributed by atoms with Gasteiger partial charge in [-0.05, 0) is 73.4 Å². The molecule has 5 rings (SSSR count). The first kappa shape index (κ1) is 29.0. The van der Waals surface area contributed by atoms with Gasteiger partial charge in [-0.3, -0.25) is 4.79 Å². The largest absolute Gasteiger partial charge is 0.433 e. The minimum atomic E-state index is -2.25. The summed E-state index contributed by atoms with van der Waals surface area (Å²) in [4.78, 5) is 12.0. The van der Waals surface area contributed by atoms with Crippen LogP contribution in [0.15, 0.2) is 0 Å². The maximum absolute atomic E-state index is 12.0. The molecule has 38 heavy (non-hydrogen) atoms. The molecule has 1 N–H and O–H groups in total. The molecule has 5 fully saturated rings. The van der Waals surface area contributed by atoms with Crippen molar-refractivity contribution in [2.75, 3.05) is 13.9 Å². The Morgan fingerprint density at radius 1 is 1.11 bits per heavy atom. The van der Waals surface area contributed by atoms with Crippen LogP contribution in [0.25, 0.3) is 0 Å². The van der Waals surface area contributed by atoms with Crippen molar-refractivity contribution in [1.82, 2.24) is 0 Å². The number of aliphatic hydroxyl groups excluding tert-OH is 1. The lowest BCUT2D eigenvalue weighted by molar-refractivity contribution is -0.374. The molecule has 2 aliphatic heterocycles. The second kappa shape index (κ2) is 9.50. The third-order valence-electron chi connectivity index (χ3n) is 11.8. The first-order valence-electron chi connectivity index (χ1n) is 14.6. The molecule has 0 amide bonds. The number of hydrogen-bond donors (Lipinski definition) is 1. The Morgan fingerprint density at radius 2 is 1.82 bits per heavy atom.